The molecule has 1 atom stereocenters. The largest absolute Gasteiger partial charge is 0.320 e. The van der Waals surface area contributed by atoms with E-state index < -0.39 is 0 Å². The lowest BCUT2D eigenvalue weighted by Crippen LogP contribution is -2.34. The molecule has 2 heterocycles. The van der Waals surface area contributed by atoms with Crippen molar-refractivity contribution in [1.29, 1.82) is 0 Å². The summed E-state index contributed by atoms with van der Waals surface area (Å²) < 4.78 is 0. The molecule has 0 bridgehead atoms. The molecule has 1 aliphatic heterocycles. The molecule has 3 rings (SSSR count). The van der Waals surface area contributed by atoms with E-state index in [1.807, 2.05) is 0 Å². The molecule has 1 aliphatic carbocycles. The van der Waals surface area contributed by atoms with Crippen molar-refractivity contribution in [2.24, 2.45) is 0 Å². The maximum atomic E-state index is 12.6. The molecule has 2 aliphatic rings. The Morgan fingerprint density at radius 3 is 2.75 bits per heavy atom. The molecule has 0 aromatic carbocycles. The van der Waals surface area contributed by atoms with E-state index in [4.69, 9.17) is 0 Å². The zero-order valence-electron chi connectivity index (χ0n) is 12.5. The first-order chi connectivity index (χ1) is 9.52. The first kappa shape index (κ1) is 14.0. The van der Waals surface area contributed by atoms with Gasteiger partial charge in [-0.25, -0.2) is 0 Å². The Bertz CT molecular complexity index is 507. The van der Waals surface area contributed by atoms with Crippen molar-refractivity contribution in [1.82, 2.24) is 15.1 Å². The minimum Gasteiger partial charge on any atom is -0.320 e. The van der Waals surface area contributed by atoms with Gasteiger partial charge in [0.05, 0.1) is 0 Å². The van der Waals surface area contributed by atoms with Gasteiger partial charge in [0.2, 0.25) is 5.91 Å². The zero-order chi connectivity index (χ0) is 14.3. The molecule has 2 fully saturated rings. The summed E-state index contributed by atoms with van der Waals surface area (Å²) in [5, 5.41) is 3.58. The van der Waals surface area contributed by atoms with E-state index >= 15 is 0 Å². The van der Waals surface area contributed by atoms with Gasteiger partial charge in [-0.05, 0) is 59.0 Å². The van der Waals surface area contributed by atoms with Gasteiger partial charge in [0.25, 0.3) is 0 Å². The number of hydrogen-bond donors (Lipinski definition) is 1. The Morgan fingerprint density at radius 1 is 1.45 bits per heavy atom. The zero-order valence-corrected chi connectivity index (χ0v) is 13.3. The van der Waals surface area contributed by atoms with E-state index in [1.54, 1.807) is 11.3 Å². The number of rotatable bonds is 5. The third-order valence-electron chi connectivity index (χ3n) is 4.18. The summed E-state index contributed by atoms with van der Waals surface area (Å²) in [4.78, 5) is 19.4. The lowest BCUT2D eigenvalue weighted by Gasteiger charge is -2.24. The van der Waals surface area contributed by atoms with Crippen LogP contribution in [0.2, 0.25) is 0 Å². The number of thiophene rings is 1. The quantitative estimate of drug-likeness (QED) is 0.901. The molecule has 1 saturated carbocycles. The third kappa shape index (κ3) is 2.50. The van der Waals surface area contributed by atoms with Crippen molar-refractivity contribution < 1.29 is 4.79 Å². The van der Waals surface area contributed by atoms with Gasteiger partial charge < -0.3 is 9.80 Å². The van der Waals surface area contributed by atoms with Gasteiger partial charge in [-0.15, -0.1) is 11.3 Å². The van der Waals surface area contributed by atoms with Crippen LogP contribution < -0.4 is 5.32 Å². The van der Waals surface area contributed by atoms with Crippen molar-refractivity contribution in [2.75, 3.05) is 27.2 Å². The van der Waals surface area contributed by atoms with E-state index in [0.717, 1.165) is 32.4 Å². The van der Waals surface area contributed by atoms with Gasteiger partial charge >= 0.3 is 0 Å². The highest BCUT2D eigenvalue weighted by molar-refractivity contribution is 7.12. The van der Waals surface area contributed by atoms with Gasteiger partial charge in [0.15, 0.2) is 0 Å². The molecule has 1 unspecified atom stereocenters. The normalized spacial score (nSPS) is 24.1. The Balaban J connectivity index is 1.74. The van der Waals surface area contributed by atoms with Crippen LogP contribution in [0.25, 0.3) is 0 Å². The first-order valence-electron chi connectivity index (χ1n) is 7.32. The average molecular weight is 293 g/mol. The second-order valence-corrected chi connectivity index (χ2v) is 7.55. The number of hydrogen-bond acceptors (Lipinski definition) is 4. The Labute approximate surface area is 124 Å². The van der Waals surface area contributed by atoms with Crippen LogP contribution in [-0.2, 0) is 4.79 Å². The van der Waals surface area contributed by atoms with E-state index in [2.05, 4.69) is 48.3 Å². The predicted molar refractivity (Wildman–Crippen MR) is 81.8 cm³/mol. The Kier molecular flexibility index (Phi) is 3.60. The van der Waals surface area contributed by atoms with Crippen LogP contribution in [0.1, 0.15) is 35.2 Å². The van der Waals surface area contributed by atoms with Gasteiger partial charge in [0.1, 0.15) is 11.7 Å². The summed E-state index contributed by atoms with van der Waals surface area (Å²) in [5.41, 5.74) is -0.222. The summed E-state index contributed by atoms with van der Waals surface area (Å²) in [6.07, 6.45) is 3.11. The molecule has 0 radical (unpaired) electrons. The molecular formula is C15H23N3OS. The lowest BCUT2D eigenvalue weighted by atomic mass is 10.2. The molecule has 1 aromatic heterocycles. The highest BCUT2D eigenvalue weighted by atomic mass is 32.1. The first-order valence-corrected chi connectivity index (χ1v) is 8.13. The fourth-order valence-electron chi connectivity index (χ4n) is 2.89. The topological polar surface area (TPSA) is 35.6 Å². The number of aryl methyl sites for hydroxylation is 1. The Morgan fingerprint density at radius 2 is 2.20 bits per heavy atom. The molecular weight excluding hydrogens is 270 g/mol. The lowest BCUT2D eigenvalue weighted by molar-refractivity contribution is -0.130. The van der Waals surface area contributed by atoms with Crippen LogP contribution in [0.4, 0.5) is 0 Å². The molecule has 1 saturated heterocycles. The highest BCUT2D eigenvalue weighted by Crippen LogP contribution is 2.46. The number of amides is 1. The van der Waals surface area contributed by atoms with Gasteiger partial charge in [-0.1, -0.05) is 0 Å². The molecule has 5 heteroatoms. The smallest absolute Gasteiger partial charge is 0.244 e. The van der Waals surface area contributed by atoms with E-state index in [-0.39, 0.29) is 11.7 Å². The molecule has 20 heavy (non-hydrogen) atoms. The van der Waals surface area contributed by atoms with Crippen LogP contribution in [0.15, 0.2) is 12.1 Å². The summed E-state index contributed by atoms with van der Waals surface area (Å²) in [5.74, 6) is 0.312. The molecule has 1 amide bonds. The number of nitrogens with one attached hydrogen (secondary N) is 1. The summed E-state index contributed by atoms with van der Waals surface area (Å²) >= 11 is 1.79. The number of carbonyl (C=O) groups is 1. The van der Waals surface area contributed by atoms with Gasteiger partial charge in [-0.3, -0.25) is 10.1 Å². The summed E-state index contributed by atoms with van der Waals surface area (Å²) in [6.45, 7) is 3.98. The van der Waals surface area contributed by atoms with E-state index in [0.29, 0.717) is 5.91 Å². The van der Waals surface area contributed by atoms with Crippen molar-refractivity contribution in [3.05, 3.63) is 21.9 Å². The molecule has 1 spiro atoms. The third-order valence-corrected chi connectivity index (χ3v) is 5.23. The van der Waals surface area contributed by atoms with Crippen LogP contribution in [0, 0.1) is 6.92 Å². The van der Waals surface area contributed by atoms with Crippen molar-refractivity contribution in [2.45, 2.75) is 37.9 Å². The van der Waals surface area contributed by atoms with Gasteiger partial charge in [-0.2, -0.15) is 0 Å². The molecule has 1 N–H and O–H groups in total. The monoisotopic (exact) mass is 293 g/mol. The number of nitrogens with zero attached hydrogens (tertiary/aromatic N) is 2. The van der Waals surface area contributed by atoms with Crippen LogP contribution >= 0.6 is 11.3 Å². The maximum absolute atomic E-state index is 12.6. The number of carbonyl (C=O) groups excluding carboxylic acids is 1. The van der Waals surface area contributed by atoms with Crippen molar-refractivity contribution in [3.63, 3.8) is 0 Å². The second-order valence-electron chi connectivity index (χ2n) is 6.23. The fourth-order valence-corrected chi connectivity index (χ4v) is 3.83. The van der Waals surface area contributed by atoms with Crippen LogP contribution in [0.3, 0.4) is 0 Å². The van der Waals surface area contributed by atoms with Crippen molar-refractivity contribution in [3.8, 4) is 0 Å². The fraction of sp³-hybridized carbons (Fsp3) is 0.667. The molecule has 110 valence electrons. The summed E-state index contributed by atoms with van der Waals surface area (Å²) in [6, 6.07) is 4.30. The minimum absolute atomic E-state index is 0.0888. The van der Waals surface area contributed by atoms with E-state index in [1.165, 1.54) is 9.75 Å². The van der Waals surface area contributed by atoms with E-state index in [9.17, 15) is 4.79 Å². The summed E-state index contributed by atoms with van der Waals surface area (Å²) in [7, 11) is 4.15. The van der Waals surface area contributed by atoms with Crippen LogP contribution in [0.5, 0.6) is 0 Å². The van der Waals surface area contributed by atoms with Gasteiger partial charge in [0, 0.05) is 16.3 Å². The van der Waals surface area contributed by atoms with Crippen LogP contribution in [-0.4, -0.2) is 48.4 Å². The minimum atomic E-state index is -0.222. The molecule has 4 nitrogen and oxygen atoms in total. The maximum Gasteiger partial charge on any atom is 0.244 e. The second kappa shape index (κ2) is 5.13. The standard InChI is InChI=1S/C15H23N3OS/c1-11-5-6-12(20-11)13-16-15(7-8-15)14(19)18(13)10-4-9-17(2)3/h5-6,13,16H,4,7-10H2,1-3H3. The highest BCUT2D eigenvalue weighted by Gasteiger charge is 2.59. The average Bonchev–Trinajstić information content (AvgIpc) is 2.97. The predicted octanol–water partition coefficient (Wildman–Crippen LogP) is 1.97. The van der Waals surface area contributed by atoms with Crippen molar-refractivity contribution >= 4 is 17.2 Å². The Hall–Kier alpha value is -0.910. The molecule has 1 aromatic rings. The SMILES string of the molecule is Cc1ccc(C2NC3(CC3)C(=O)N2CCCN(C)C)s1.